The van der Waals surface area contributed by atoms with Crippen LogP contribution in [0.2, 0.25) is 0 Å². The Morgan fingerprint density at radius 2 is 2.20 bits per heavy atom. The molecule has 0 radical (unpaired) electrons. The number of nitrogens with zero attached hydrogens (tertiary/aromatic N) is 5. The van der Waals surface area contributed by atoms with Crippen LogP contribution < -0.4 is 5.32 Å². The van der Waals surface area contributed by atoms with Crippen molar-refractivity contribution >= 4 is 5.69 Å². The normalized spacial score (nSPS) is 23.1. The van der Waals surface area contributed by atoms with Crippen molar-refractivity contribution in [2.75, 3.05) is 18.9 Å². The Labute approximate surface area is 118 Å². The molecule has 6 nitrogen and oxygen atoms in total. The quantitative estimate of drug-likeness (QED) is 0.917. The van der Waals surface area contributed by atoms with Crippen LogP contribution in [0.15, 0.2) is 24.5 Å². The first kappa shape index (κ1) is 13.1. The van der Waals surface area contributed by atoms with Crippen molar-refractivity contribution in [3.05, 3.63) is 30.1 Å². The molecular weight excluding hydrogens is 252 g/mol. The molecule has 1 N–H and O–H groups in total. The molecule has 3 rings (SSSR count). The summed E-state index contributed by atoms with van der Waals surface area (Å²) in [6.07, 6.45) is 2.80. The molecule has 0 aliphatic carbocycles. The van der Waals surface area contributed by atoms with E-state index >= 15 is 0 Å². The highest BCUT2D eigenvalue weighted by Crippen LogP contribution is 2.22. The smallest absolute Gasteiger partial charge is 0.143 e. The van der Waals surface area contributed by atoms with Crippen molar-refractivity contribution in [2.24, 2.45) is 0 Å². The lowest BCUT2D eigenvalue weighted by Crippen LogP contribution is -2.24. The van der Waals surface area contributed by atoms with Crippen LogP contribution in [-0.4, -0.2) is 50.8 Å². The molecule has 2 atom stereocenters. The van der Waals surface area contributed by atoms with Gasteiger partial charge in [-0.1, -0.05) is 0 Å². The van der Waals surface area contributed by atoms with Gasteiger partial charge in [0.1, 0.15) is 6.33 Å². The number of anilines is 1. The van der Waals surface area contributed by atoms with Crippen molar-refractivity contribution in [3.8, 4) is 5.69 Å². The van der Waals surface area contributed by atoms with Gasteiger partial charge in [-0.15, -0.1) is 5.10 Å². The fourth-order valence-corrected chi connectivity index (χ4v) is 2.81. The average Bonchev–Trinajstić information content (AvgIpc) is 3.01. The highest BCUT2D eigenvalue weighted by Gasteiger charge is 2.25. The van der Waals surface area contributed by atoms with E-state index in [-0.39, 0.29) is 0 Å². The highest BCUT2D eigenvalue weighted by atomic mass is 15.5. The van der Waals surface area contributed by atoms with Gasteiger partial charge in [0, 0.05) is 24.3 Å². The predicted octanol–water partition coefficient (Wildman–Crippen LogP) is 1.48. The molecule has 0 bridgehead atoms. The zero-order valence-corrected chi connectivity index (χ0v) is 12.1. The second-order valence-electron chi connectivity index (χ2n) is 5.62. The zero-order chi connectivity index (χ0) is 14.1. The summed E-state index contributed by atoms with van der Waals surface area (Å²) in [7, 11) is 2.18. The van der Waals surface area contributed by atoms with Crippen LogP contribution in [0, 0.1) is 6.92 Å². The molecule has 0 amide bonds. The minimum absolute atomic E-state index is 0.522. The molecule has 1 aromatic heterocycles. The summed E-state index contributed by atoms with van der Waals surface area (Å²) in [6, 6.07) is 7.46. The predicted molar refractivity (Wildman–Crippen MR) is 78.0 cm³/mol. The molecule has 1 saturated heterocycles. The van der Waals surface area contributed by atoms with Gasteiger partial charge in [-0.05, 0) is 61.5 Å². The number of rotatable bonds is 3. The number of tetrazole rings is 1. The number of benzene rings is 1. The topological polar surface area (TPSA) is 58.9 Å². The number of aromatic nitrogens is 4. The van der Waals surface area contributed by atoms with Crippen molar-refractivity contribution in [1.29, 1.82) is 0 Å². The summed E-state index contributed by atoms with van der Waals surface area (Å²) in [5.74, 6) is 0. The molecule has 1 aliphatic heterocycles. The first-order valence-electron chi connectivity index (χ1n) is 6.94. The van der Waals surface area contributed by atoms with E-state index < -0.39 is 0 Å². The number of aryl methyl sites for hydroxylation is 1. The van der Waals surface area contributed by atoms with Crippen LogP contribution in [0.25, 0.3) is 5.69 Å². The lowest BCUT2D eigenvalue weighted by Gasteiger charge is -2.15. The van der Waals surface area contributed by atoms with Crippen LogP contribution in [0.5, 0.6) is 0 Å². The van der Waals surface area contributed by atoms with Crippen LogP contribution in [0.4, 0.5) is 5.69 Å². The molecule has 1 aliphatic rings. The van der Waals surface area contributed by atoms with E-state index in [0.717, 1.165) is 23.5 Å². The molecule has 2 aromatic rings. The largest absolute Gasteiger partial charge is 0.381 e. The standard InChI is InChI=1S/C14H20N6/c1-10-6-12(16-13-7-11(2)19(3)8-13)4-5-14(10)20-9-15-17-18-20/h4-6,9,11,13,16H,7-8H2,1-3H3. The molecule has 0 spiro atoms. The summed E-state index contributed by atoms with van der Waals surface area (Å²) in [5, 5.41) is 14.9. The maximum atomic E-state index is 3.93. The van der Waals surface area contributed by atoms with Gasteiger partial charge in [-0.2, -0.15) is 0 Å². The molecule has 6 heteroatoms. The molecule has 0 saturated carbocycles. The van der Waals surface area contributed by atoms with Crippen LogP contribution in [0.1, 0.15) is 18.9 Å². The van der Waals surface area contributed by atoms with Gasteiger partial charge in [-0.25, -0.2) is 4.68 Å². The molecule has 2 heterocycles. The monoisotopic (exact) mass is 272 g/mol. The number of likely N-dealkylation sites (tertiary alicyclic amines) is 1. The van der Waals surface area contributed by atoms with Gasteiger partial charge in [0.15, 0.2) is 0 Å². The number of hydrogen-bond donors (Lipinski definition) is 1. The number of hydrogen-bond acceptors (Lipinski definition) is 5. The van der Waals surface area contributed by atoms with E-state index in [4.69, 9.17) is 0 Å². The van der Waals surface area contributed by atoms with Gasteiger partial charge in [-0.3, -0.25) is 0 Å². The van der Waals surface area contributed by atoms with E-state index in [1.807, 2.05) is 0 Å². The van der Waals surface area contributed by atoms with Crippen LogP contribution >= 0.6 is 0 Å². The highest BCUT2D eigenvalue weighted by molar-refractivity contribution is 5.53. The van der Waals surface area contributed by atoms with Gasteiger partial charge < -0.3 is 10.2 Å². The molecule has 1 fully saturated rings. The third-order valence-electron chi connectivity index (χ3n) is 4.05. The zero-order valence-electron chi connectivity index (χ0n) is 12.1. The summed E-state index contributed by atoms with van der Waals surface area (Å²) in [4.78, 5) is 2.39. The average molecular weight is 272 g/mol. The van der Waals surface area contributed by atoms with Gasteiger partial charge in [0.25, 0.3) is 0 Å². The molecule has 1 aromatic carbocycles. The maximum absolute atomic E-state index is 3.93. The minimum atomic E-state index is 0.522. The van der Waals surface area contributed by atoms with E-state index in [9.17, 15) is 0 Å². The first-order chi connectivity index (χ1) is 9.63. The van der Waals surface area contributed by atoms with Gasteiger partial charge in [0.05, 0.1) is 5.69 Å². The lowest BCUT2D eigenvalue weighted by molar-refractivity contribution is 0.330. The Morgan fingerprint density at radius 3 is 2.80 bits per heavy atom. The van der Waals surface area contributed by atoms with Crippen molar-refractivity contribution in [2.45, 2.75) is 32.4 Å². The molecule has 106 valence electrons. The van der Waals surface area contributed by atoms with Crippen molar-refractivity contribution in [1.82, 2.24) is 25.1 Å². The summed E-state index contributed by atoms with van der Waals surface area (Å²) in [5.41, 5.74) is 3.32. The Kier molecular flexibility index (Phi) is 3.40. The van der Waals surface area contributed by atoms with Crippen molar-refractivity contribution in [3.63, 3.8) is 0 Å². The molecule has 20 heavy (non-hydrogen) atoms. The number of nitrogens with one attached hydrogen (secondary N) is 1. The third-order valence-corrected chi connectivity index (χ3v) is 4.05. The van der Waals surface area contributed by atoms with Gasteiger partial charge >= 0.3 is 0 Å². The second-order valence-corrected chi connectivity index (χ2v) is 5.62. The molecule has 2 unspecified atom stereocenters. The fourth-order valence-electron chi connectivity index (χ4n) is 2.81. The summed E-state index contributed by atoms with van der Waals surface area (Å²) < 4.78 is 1.69. The van der Waals surface area contributed by atoms with Crippen molar-refractivity contribution < 1.29 is 0 Å². The van der Waals surface area contributed by atoms with E-state index in [0.29, 0.717) is 12.1 Å². The SMILES string of the molecule is Cc1cc(NC2CC(C)N(C)C2)ccc1-n1cnnn1. The van der Waals surface area contributed by atoms with Gasteiger partial charge in [0.2, 0.25) is 0 Å². The van der Waals surface area contributed by atoms with E-state index in [1.54, 1.807) is 11.0 Å². The number of likely N-dealkylation sites (N-methyl/N-ethyl adjacent to an activating group) is 1. The summed E-state index contributed by atoms with van der Waals surface area (Å²) >= 11 is 0. The third kappa shape index (κ3) is 2.51. The lowest BCUT2D eigenvalue weighted by atomic mass is 10.1. The van der Waals surface area contributed by atoms with E-state index in [1.165, 1.54) is 6.42 Å². The van der Waals surface area contributed by atoms with E-state index in [2.05, 4.69) is 64.8 Å². The van der Waals surface area contributed by atoms with Crippen LogP contribution in [0.3, 0.4) is 0 Å². The minimum Gasteiger partial charge on any atom is -0.381 e. The maximum Gasteiger partial charge on any atom is 0.143 e. The van der Waals surface area contributed by atoms with Crippen LogP contribution in [-0.2, 0) is 0 Å². The second kappa shape index (κ2) is 5.20. The summed E-state index contributed by atoms with van der Waals surface area (Å²) in [6.45, 7) is 5.44. The fraction of sp³-hybridized carbons (Fsp3) is 0.500. The molecular formula is C14H20N6. The first-order valence-corrected chi connectivity index (χ1v) is 6.94. The Morgan fingerprint density at radius 1 is 1.35 bits per heavy atom. The Hall–Kier alpha value is -1.95. The Bertz CT molecular complexity index is 569. The Balaban J connectivity index is 1.74.